The normalized spacial score (nSPS) is 17.4. The molecule has 9 heteroatoms. The number of anilines is 2. The molecule has 1 aromatic carbocycles. The lowest BCUT2D eigenvalue weighted by Crippen LogP contribution is -2.31. The number of fused-ring (bicyclic) bond motifs is 1. The predicted octanol–water partition coefficient (Wildman–Crippen LogP) is 2.60. The van der Waals surface area contributed by atoms with Gasteiger partial charge >= 0.3 is 5.69 Å². The Morgan fingerprint density at radius 2 is 2.03 bits per heavy atom. The second-order valence-electron chi connectivity index (χ2n) is 7.82. The van der Waals surface area contributed by atoms with Gasteiger partial charge in [0.15, 0.2) is 0 Å². The highest BCUT2D eigenvalue weighted by Crippen LogP contribution is 2.30. The summed E-state index contributed by atoms with van der Waals surface area (Å²) >= 11 is 1.30. The Balaban J connectivity index is 1.42. The van der Waals surface area contributed by atoms with E-state index in [0.29, 0.717) is 22.9 Å². The Morgan fingerprint density at radius 1 is 1.23 bits per heavy atom. The molecule has 1 saturated heterocycles. The van der Waals surface area contributed by atoms with Crippen LogP contribution in [0.3, 0.4) is 0 Å². The first-order valence-electron chi connectivity index (χ1n) is 10.5. The van der Waals surface area contributed by atoms with Crippen molar-refractivity contribution in [3.05, 3.63) is 46.0 Å². The molecule has 1 atom stereocenters. The lowest BCUT2D eigenvalue weighted by Gasteiger charge is -2.17. The zero-order chi connectivity index (χ0) is 21.8. The number of nitrogens with one attached hydrogen (secondary N) is 2. The minimum Gasteiger partial charge on any atom is -0.376 e. The molecular weight excluding hydrogens is 416 g/mol. The maximum atomic E-state index is 12.7. The van der Waals surface area contributed by atoms with Crippen LogP contribution >= 0.6 is 11.8 Å². The third kappa shape index (κ3) is 5.34. The van der Waals surface area contributed by atoms with Gasteiger partial charge in [0.1, 0.15) is 5.03 Å². The summed E-state index contributed by atoms with van der Waals surface area (Å²) in [5, 5.41) is 6.18. The summed E-state index contributed by atoms with van der Waals surface area (Å²) < 4.78 is 7.47. The first kappa shape index (κ1) is 21.6. The lowest BCUT2D eigenvalue weighted by molar-refractivity contribution is -0.114. The molecule has 1 unspecified atom stereocenters. The quantitative estimate of drug-likeness (QED) is 0.505. The molecule has 0 spiro atoms. The molecule has 2 N–H and O–H groups in total. The van der Waals surface area contributed by atoms with Gasteiger partial charge in [0.05, 0.1) is 18.4 Å². The average Bonchev–Trinajstić information content (AvgIpc) is 3.40. The van der Waals surface area contributed by atoms with Crippen molar-refractivity contribution in [2.24, 2.45) is 0 Å². The molecule has 2 amide bonds. The molecule has 8 nitrogen and oxygen atoms in total. The Morgan fingerprint density at radius 3 is 2.77 bits per heavy atom. The van der Waals surface area contributed by atoms with E-state index in [-0.39, 0.29) is 29.4 Å². The number of ether oxygens (including phenoxy) is 1. The van der Waals surface area contributed by atoms with Crippen LogP contribution in [0.1, 0.15) is 37.4 Å². The summed E-state index contributed by atoms with van der Waals surface area (Å²) in [7, 11) is 0. The van der Waals surface area contributed by atoms with E-state index < -0.39 is 0 Å². The zero-order valence-electron chi connectivity index (χ0n) is 17.5. The van der Waals surface area contributed by atoms with Crippen LogP contribution < -0.4 is 16.3 Å². The smallest absolute Gasteiger partial charge is 0.348 e. The Bertz CT molecular complexity index is 1050. The van der Waals surface area contributed by atoms with Crippen LogP contribution in [-0.2, 0) is 33.7 Å². The number of rotatable bonds is 7. The summed E-state index contributed by atoms with van der Waals surface area (Å²) in [5.74, 6) is -0.214. The molecule has 2 aromatic rings. The number of benzene rings is 1. The van der Waals surface area contributed by atoms with E-state index in [0.717, 1.165) is 50.0 Å². The molecule has 4 rings (SSSR count). The van der Waals surface area contributed by atoms with Gasteiger partial charge in [-0.15, -0.1) is 0 Å². The van der Waals surface area contributed by atoms with Crippen molar-refractivity contribution in [2.45, 2.75) is 56.7 Å². The minimum absolute atomic E-state index is 0.0849. The highest BCUT2D eigenvalue weighted by atomic mass is 32.2. The van der Waals surface area contributed by atoms with Gasteiger partial charge in [-0.3, -0.25) is 14.2 Å². The molecule has 31 heavy (non-hydrogen) atoms. The summed E-state index contributed by atoms with van der Waals surface area (Å²) in [6, 6.07) is 6.98. The third-order valence-electron chi connectivity index (χ3n) is 5.42. The second kappa shape index (κ2) is 9.65. The van der Waals surface area contributed by atoms with Gasteiger partial charge < -0.3 is 15.4 Å². The number of hydrogen-bond acceptors (Lipinski definition) is 6. The number of carbonyl (C=O) groups is 2. The number of carbonyl (C=O) groups excluding carboxylic acids is 2. The van der Waals surface area contributed by atoms with Crippen molar-refractivity contribution < 1.29 is 14.3 Å². The summed E-state index contributed by atoms with van der Waals surface area (Å²) in [6.07, 6.45) is 4.81. The standard InChI is InChI=1S/C22H26N4O4S/c1-14(27)23-15-5-2-6-16(11-15)24-20(28)13-31-21-18-8-3-9-19(18)26(22(29)25-21)12-17-7-4-10-30-17/h2,5-6,11,17H,3-4,7-10,12-13H2,1H3,(H,23,27)(H,24,28). The highest BCUT2D eigenvalue weighted by molar-refractivity contribution is 8.00. The van der Waals surface area contributed by atoms with Crippen molar-refractivity contribution in [2.75, 3.05) is 23.0 Å². The fraction of sp³-hybridized carbons (Fsp3) is 0.455. The van der Waals surface area contributed by atoms with E-state index in [4.69, 9.17) is 4.74 Å². The largest absolute Gasteiger partial charge is 0.376 e. The van der Waals surface area contributed by atoms with E-state index in [2.05, 4.69) is 15.6 Å². The summed E-state index contributed by atoms with van der Waals surface area (Å²) in [4.78, 5) is 40.7. The van der Waals surface area contributed by atoms with Crippen molar-refractivity contribution >= 4 is 35.0 Å². The molecule has 0 radical (unpaired) electrons. The number of aromatic nitrogens is 2. The fourth-order valence-electron chi connectivity index (χ4n) is 4.09. The number of hydrogen-bond donors (Lipinski definition) is 2. The Labute approximate surface area is 184 Å². The maximum Gasteiger partial charge on any atom is 0.348 e. The fourth-order valence-corrected chi connectivity index (χ4v) is 4.97. The van der Waals surface area contributed by atoms with Crippen molar-refractivity contribution in [3.63, 3.8) is 0 Å². The molecule has 1 fully saturated rings. The molecule has 2 heterocycles. The van der Waals surface area contributed by atoms with Crippen molar-refractivity contribution in [3.8, 4) is 0 Å². The van der Waals surface area contributed by atoms with E-state index >= 15 is 0 Å². The monoisotopic (exact) mass is 442 g/mol. The van der Waals surface area contributed by atoms with E-state index in [1.807, 2.05) is 0 Å². The van der Waals surface area contributed by atoms with Crippen LogP contribution in [0.2, 0.25) is 0 Å². The SMILES string of the molecule is CC(=O)Nc1cccc(NC(=O)CSc2nc(=O)n(CC3CCCO3)c3c2CCC3)c1. The Kier molecular flexibility index (Phi) is 6.72. The van der Waals surface area contributed by atoms with Crippen molar-refractivity contribution in [1.82, 2.24) is 9.55 Å². The maximum absolute atomic E-state index is 12.7. The second-order valence-corrected chi connectivity index (χ2v) is 8.79. The number of amides is 2. The van der Waals surface area contributed by atoms with Crippen molar-refractivity contribution in [1.29, 1.82) is 0 Å². The zero-order valence-corrected chi connectivity index (χ0v) is 18.3. The first-order chi connectivity index (χ1) is 15.0. The van der Waals surface area contributed by atoms with Gasteiger partial charge in [0.25, 0.3) is 0 Å². The van der Waals surface area contributed by atoms with E-state index in [1.165, 1.54) is 18.7 Å². The van der Waals surface area contributed by atoms with Gasteiger partial charge in [0.2, 0.25) is 11.8 Å². The third-order valence-corrected chi connectivity index (χ3v) is 6.44. The van der Waals surface area contributed by atoms with Gasteiger partial charge in [-0.1, -0.05) is 17.8 Å². The van der Waals surface area contributed by atoms with Gasteiger partial charge in [-0.2, -0.15) is 4.98 Å². The molecule has 164 valence electrons. The van der Waals surface area contributed by atoms with Gasteiger partial charge in [-0.25, -0.2) is 4.79 Å². The van der Waals surface area contributed by atoms with Crippen LogP contribution in [0.25, 0.3) is 0 Å². The van der Waals surface area contributed by atoms with Crippen LogP contribution in [-0.4, -0.2) is 39.8 Å². The van der Waals surface area contributed by atoms with Gasteiger partial charge in [0, 0.05) is 36.2 Å². The van der Waals surface area contributed by atoms with E-state index in [1.54, 1.807) is 28.8 Å². The molecule has 1 aromatic heterocycles. The number of nitrogens with zero attached hydrogens (tertiary/aromatic N) is 2. The number of thioether (sulfide) groups is 1. The molecule has 1 aliphatic heterocycles. The lowest BCUT2D eigenvalue weighted by atomic mass is 10.2. The van der Waals surface area contributed by atoms with E-state index in [9.17, 15) is 14.4 Å². The Hall–Kier alpha value is -2.65. The summed E-state index contributed by atoms with van der Waals surface area (Å²) in [5.41, 5.74) is 3.08. The van der Waals surface area contributed by atoms with Crippen LogP contribution in [0.15, 0.2) is 34.1 Å². The summed E-state index contributed by atoms with van der Waals surface area (Å²) in [6.45, 7) is 2.75. The topological polar surface area (TPSA) is 102 Å². The van der Waals surface area contributed by atoms with Crippen LogP contribution in [0, 0.1) is 0 Å². The molecule has 0 saturated carbocycles. The molecule has 2 aliphatic rings. The minimum atomic E-state index is -0.262. The molecular formula is C22H26N4O4S. The predicted molar refractivity (Wildman–Crippen MR) is 120 cm³/mol. The van der Waals surface area contributed by atoms with Crippen LogP contribution in [0.4, 0.5) is 11.4 Å². The molecule has 1 aliphatic carbocycles. The van der Waals surface area contributed by atoms with Crippen LogP contribution in [0.5, 0.6) is 0 Å². The highest BCUT2D eigenvalue weighted by Gasteiger charge is 2.25. The molecule has 0 bridgehead atoms. The average molecular weight is 443 g/mol. The first-order valence-corrected chi connectivity index (χ1v) is 11.5. The van der Waals surface area contributed by atoms with Gasteiger partial charge in [-0.05, 0) is 50.3 Å².